The van der Waals surface area contributed by atoms with Crippen molar-refractivity contribution >= 4 is 28.3 Å². The van der Waals surface area contributed by atoms with E-state index in [9.17, 15) is 9.59 Å². The van der Waals surface area contributed by atoms with Gasteiger partial charge >= 0.3 is 0 Å². The number of aromatic nitrogens is 1. The predicted molar refractivity (Wildman–Crippen MR) is 88.1 cm³/mol. The van der Waals surface area contributed by atoms with E-state index in [1.165, 1.54) is 11.3 Å². The van der Waals surface area contributed by atoms with Gasteiger partial charge in [0, 0.05) is 24.0 Å². The van der Waals surface area contributed by atoms with Crippen LogP contribution in [0.5, 0.6) is 0 Å². The van der Waals surface area contributed by atoms with E-state index in [-0.39, 0.29) is 29.2 Å². The molecule has 0 bridgehead atoms. The lowest BCUT2D eigenvalue weighted by atomic mass is 9.91. The van der Waals surface area contributed by atoms with Crippen LogP contribution in [0.15, 0.2) is 11.6 Å². The number of anilines is 1. The fourth-order valence-corrected chi connectivity index (χ4v) is 4.68. The van der Waals surface area contributed by atoms with Crippen LogP contribution in [0, 0.1) is 11.3 Å². The molecule has 7 heteroatoms. The van der Waals surface area contributed by atoms with Crippen molar-refractivity contribution in [3.8, 4) is 0 Å². The number of carbonyl (C=O) groups is 2. The minimum Gasteiger partial charge on any atom is -0.330 e. The Balaban J connectivity index is 1.41. The highest BCUT2D eigenvalue weighted by atomic mass is 32.1. The lowest BCUT2D eigenvalue weighted by Gasteiger charge is -2.27. The molecule has 2 aliphatic heterocycles. The Kier molecular flexibility index (Phi) is 3.85. The molecule has 3 heterocycles. The van der Waals surface area contributed by atoms with Crippen LogP contribution in [0.25, 0.3) is 0 Å². The molecule has 6 nitrogen and oxygen atoms in total. The van der Waals surface area contributed by atoms with E-state index < -0.39 is 0 Å². The molecule has 1 aliphatic carbocycles. The molecular formula is C16H22N4O2S. The monoisotopic (exact) mass is 334 g/mol. The summed E-state index contributed by atoms with van der Waals surface area (Å²) in [6.45, 7) is 2.73. The highest BCUT2D eigenvalue weighted by Crippen LogP contribution is 2.59. The first-order chi connectivity index (χ1) is 11.2. The average Bonchev–Trinajstić information content (AvgIpc) is 2.99. The Labute approximate surface area is 139 Å². The molecule has 2 amide bonds. The van der Waals surface area contributed by atoms with Crippen molar-refractivity contribution in [3.05, 3.63) is 11.6 Å². The topological polar surface area (TPSA) is 74.3 Å². The quantitative estimate of drug-likeness (QED) is 0.878. The van der Waals surface area contributed by atoms with Gasteiger partial charge in [0.2, 0.25) is 11.8 Å². The van der Waals surface area contributed by atoms with Gasteiger partial charge in [-0.2, -0.15) is 0 Å². The van der Waals surface area contributed by atoms with Crippen LogP contribution >= 0.6 is 11.3 Å². The molecular weight excluding hydrogens is 312 g/mol. The van der Waals surface area contributed by atoms with Crippen molar-refractivity contribution < 1.29 is 9.59 Å². The summed E-state index contributed by atoms with van der Waals surface area (Å²) in [6.07, 6.45) is 6.52. The minimum atomic E-state index is -0.328. The third-order valence-corrected chi connectivity index (χ3v) is 6.28. The number of carbonyl (C=O) groups excluding carboxylic acids is 2. The standard InChI is InChI=1S/C16H22N4O2S/c21-13(19-15-18-7-9-23-15)12-2-1-8-20(12)14(22)11-10-16(11)3-5-17-6-4-16/h7,9,11-12,17H,1-6,8,10H2,(H,18,19,21). The van der Waals surface area contributed by atoms with Crippen LogP contribution in [-0.2, 0) is 9.59 Å². The van der Waals surface area contributed by atoms with Gasteiger partial charge in [0.05, 0.1) is 0 Å². The molecule has 1 aromatic rings. The van der Waals surface area contributed by atoms with Crippen molar-refractivity contribution in [2.45, 2.75) is 38.1 Å². The van der Waals surface area contributed by atoms with Gasteiger partial charge in [0.1, 0.15) is 6.04 Å². The van der Waals surface area contributed by atoms with Gasteiger partial charge in [-0.3, -0.25) is 9.59 Å². The largest absolute Gasteiger partial charge is 0.330 e. The van der Waals surface area contributed by atoms with E-state index in [0.29, 0.717) is 11.7 Å². The van der Waals surface area contributed by atoms with Gasteiger partial charge in [-0.1, -0.05) is 0 Å². The molecule has 3 fully saturated rings. The number of nitrogens with zero attached hydrogens (tertiary/aromatic N) is 2. The average molecular weight is 334 g/mol. The second-order valence-electron chi connectivity index (χ2n) is 6.89. The van der Waals surface area contributed by atoms with E-state index in [1.807, 2.05) is 10.3 Å². The molecule has 1 saturated carbocycles. The number of amides is 2. The van der Waals surface area contributed by atoms with Gasteiger partial charge in [0.15, 0.2) is 5.13 Å². The maximum Gasteiger partial charge on any atom is 0.248 e. The van der Waals surface area contributed by atoms with Gasteiger partial charge in [0.25, 0.3) is 0 Å². The third kappa shape index (κ3) is 2.76. The first kappa shape index (κ1) is 15.1. The molecule has 3 aliphatic rings. The van der Waals surface area contributed by atoms with Gasteiger partial charge in [-0.05, 0) is 50.6 Å². The highest BCUT2D eigenvalue weighted by molar-refractivity contribution is 7.13. The molecule has 1 spiro atoms. The van der Waals surface area contributed by atoms with Crippen molar-refractivity contribution in [1.29, 1.82) is 0 Å². The van der Waals surface area contributed by atoms with Crippen molar-refractivity contribution in [1.82, 2.24) is 15.2 Å². The molecule has 124 valence electrons. The maximum absolute atomic E-state index is 12.9. The van der Waals surface area contributed by atoms with Crippen LogP contribution in [0.1, 0.15) is 32.1 Å². The summed E-state index contributed by atoms with van der Waals surface area (Å²) < 4.78 is 0. The Morgan fingerprint density at radius 1 is 1.39 bits per heavy atom. The lowest BCUT2D eigenvalue weighted by molar-refractivity contribution is -0.138. The summed E-state index contributed by atoms with van der Waals surface area (Å²) in [5.41, 5.74) is 0.223. The van der Waals surface area contributed by atoms with Gasteiger partial charge in [-0.25, -0.2) is 4.98 Å². The third-order valence-electron chi connectivity index (χ3n) is 5.59. The van der Waals surface area contributed by atoms with Crippen LogP contribution < -0.4 is 10.6 Å². The van der Waals surface area contributed by atoms with Crippen LogP contribution in [-0.4, -0.2) is 47.4 Å². The molecule has 2 N–H and O–H groups in total. The molecule has 4 rings (SSSR count). The summed E-state index contributed by atoms with van der Waals surface area (Å²) in [6, 6.07) is -0.328. The number of piperidine rings is 1. The molecule has 2 saturated heterocycles. The fraction of sp³-hybridized carbons (Fsp3) is 0.688. The van der Waals surface area contributed by atoms with E-state index in [1.54, 1.807) is 6.20 Å². The molecule has 2 atom stereocenters. The highest BCUT2D eigenvalue weighted by Gasteiger charge is 2.59. The molecule has 0 radical (unpaired) electrons. The zero-order chi connectivity index (χ0) is 15.9. The van der Waals surface area contributed by atoms with Gasteiger partial charge in [-0.15, -0.1) is 11.3 Å². The van der Waals surface area contributed by atoms with E-state index >= 15 is 0 Å². The lowest BCUT2D eigenvalue weighted by Crippen LogP contribution is -2.45. The Bertz CT molecular complexity index is 597. The zero-order valence-electron chi connectivity index (χ0n) is 13.1. The van der Waals surface area contributed by atoms with E-state index in [0.717, 1.165) is 45.2 Å². The summed E-state index contributed by atoms with van der Waals surface area (Å²) in [5.74, 6) is 0.243. The number of rotatable bonds is 3. The van der Waals surface area contributed by atoms with Crippen LogP contribution in [0.2, 0.25) is 0 Å². The number of hydrogen-bond donors (Lipinski definition) is 2. The molecule has 0 aromatic carbocycles. The number of thiazole rings is 1. The smallest absolute Gasteiger partial charge is 0.248 e. The SMILES string of the molecule is O=C(Nc1nccs1)C1CCCN1C(=O)C1CC12CCNCC2. The van der Waals surface area contributed by atoms with E-state index in [4.69, 9.17) is 0 Å². The molecule has 2 unspecified atom stereocenters. The summed E-state index contributed by atoms with van der Waals surface area (Å²) >= 11 is 1.40. The second-order valence-corrected chi connectivity index (χ2v) is 7.78. The van der Waals surface area contributed by atoms with Crippen molar-refractivity contribution in [2.24, 2.45) is 11.3 Å². The fourth-order valence-electron chi connectivity index (χ4n) is 4.15. The van der Waals surface area contributed by atoms with E-state index in [2.05, 4.69) is 15.6 Å². The maximum atomic E-state index is 12.9. The predicted octanol–water partition coefficient (Wildman–Crippen LogP) is 1.46. The Morgan fingerprint density at radius 2 is 2.22 bits per heavy atom. The first-order valence-corrected chi connectivity index (χ1v) is 9.29. The van der Waals surface area contributed by atoms with Crippen LogP contribution in [0.4, 0.5) is 5.13 Å². The second kappa shape index (κ2) is 5.87. The summed E-state index contributed by atoms with van der Waals surface area (Å²) in [5, 5.41) is 8.65. The minimum absolute atomic E-state index is 0.0918. The van der Waals surface area contributed by atoms with Crippen LogP contribution in [0.3, 0.4) is 0 Å². The summed E-state index contributed by atoms with van der Waals surface area (Å²) in [7, 11) is 0. The number of nitrogens with one attached hydrogen (secondary N) is 2. The summed E-state index contributed by atoms with van der Waals surface area (Å²) in [4.78, 5) is 31.3. The molecule has 1 aromatic heterocycles. The van der Waals surface area contributed by atoms with Gasteiger partial charge < -0.3 is 15.5 Å². The zero-order valence-corrected chi connectivity index (χ0v) is 13.9. The number of hydrogen-bond acceptors (Lipinski definition) is 5. The van der Waals surface area contributed by atoms with Crippen molar-refractivity contribution in [3.63, 3.8) is 0 Å². The number of likely N-dealkylation sites (tertiary alicyclic amines) is 1. The molecule has 23 heavy (non-hydrogen) atoms. The first-order valence-electron chi connectivity index (χ1n) is 8.41. The van der Waals surface area contributed by atoms with Crippen molar-refractivity contribution in [2.75, 3.05) is 25.0 Å². The Hall–Kier alpha value is -1.47. The Morgan fingerprint density at radius 3 is 2.96 bits per heavy atom. The normalized spacial score (nSPS) is 28.8.